The molecule has 0 radical (unpaired) electrons. The first-order valence-corrected chi connectivity index (χ1v) is 7.55. The van der Waals surface area contributed by atoms with Crippen molar-refractivity contribution in [2.24, 2.45) is 5.92 Å². The number of nitrogens with zero attached hydrogens (tertiary/aromatic N) is 3. The van der Waals surface area contributed by atoms with E-state index in [1.807, 2.05) is 6.07 Å². The number of hydrogen-bond donors (Lipinski definition) is 2. The van der Waals surface area contributed by atoms with Gasteiger partial charge < -0.3 is 11.1 Å². The largest absolute Gasteiger partial charge is 0.384 e. The van der Waals surface area contributed by atoms with Gasteiger partial charge >= 0.3 is 0 Å². The smallest absolute Gasteiger partial charge is 0.123 e. The molecule has 3 N–H and O–H groups in total. The second-order valence-electron chi connectivity index (χ2n) is 5.62. The molecular formula is C16H21N5. The first-order chi connectivity index (χ1) is 10.3. The zero-order valence-corrected chi connectivity index (χ0v) is 12.1. The molecule has 1 aliphatic rings. The maximum atomic E-state index is 5.62. The lowest BCUT2D eigenvalue weighted by Gasteiger charge is -2.13. The highest BCUT2D eigenvalue weighted by atomic mass is 14.9. The third-order valence-corrected chi connectivity index (χ3v) is 4.00. The van der Waals surface area contributed by atoms with E-state index >= 15 is 0 Å². The van der Waals surface area contributed by atoms with Gasteiger partial charge in [-0.2, -0.15) is 0 Å². The van der Waals surface area contributed by atoms with Crippen molar-refractivity contribution in [2.45, 2.75) is 25.7 Å². The molecule has 1 atom stereocenters. The van der Waals surface area contributed by atoms with Crippen molar-refractivity contribution in [3.8, 4) is 11.3 Å². The van der Waals surface area contributed by atoms with E-state index in [2.05, 4.69) is 26.3 Å². The number of hydrogen-bond acceptors (Lipinski definition) is 5. The van der Waals surface area contributed by atoms with Crippen LogP contribution < -0.4 is 11.1 Å². The minimum atomic E-state index is 0.527. The molecule has 0 unspecified atom stereocenters. The number of pyridine rings is 1. The van der Waals surface area contributed by atoms with Crippen LogP contribution in [0.25, 0.3) is 11.3 Å². The number of anilines is 1. The molecule has 3 rings (SSSR count). The van der Waals surface area contributed by atoms with Crippen molar-refractivity contribution in [3.05, 3.63) is 36.4 Å². The summed E-state index contributed by atoms with van der Waals surface area (Å²) in [7, 11) is 0. The molecule has 1 fully saturated rings. The third-order valence-electron chi connectivity index (χ3n) is 4.00. The Bertz CT molecular complexity index is 573. The molecule has 0 aliphatic carbocycles. The van der Waals surface area contributed by atoms with Crippen LogP contribution in [0.15, 0.2) is 30.7 Å². The fourth-order valence-electron chi connectivity index (χ4n) is 2.82. The van der Waals surface area contributed by atoms with Crippen LogP contribution in [0.3, 0.4) is 0 Å². The van der Waals surface area contributed by atoms with E-state index in [0.29, 0.717) is 11.7 Å². The first-order valence-electron chi connectivity index (χ1n) is 7.55. The maximum Gasteiger partial charge on any atom is 0.123 e. The summed E-state index contributed by atoms with van der Waals surface area (Å²) in [5, 5.41) is 3.45. The Kier molecular flexibility index (Phi) is 4.40. The Labute approximate surface area is 125 Å². The zero-order chi connectivity index (χ0) is 14.5. The molecule has 110 valence electrons. The zero-order valence-electron chi connectivity index (χ0n) is 12.1. The van der Waals surface area contributed by atoms with Crippen molar-refractivity contribution in [3.63, 3.8) is 0 Å². The second kappa shape index (κ2) is 6.63. The molecule has 0 aromatic carbocycles. The molecule has 0 bridgehead atoms. The first kappa shape index (κ1) is 13.9. The van der Waals surface area contributed by atoms with Crippen LogP contribution in [-0.2, 0) is 6.42 Å². The maximum absolute atomic E-state index is 5.62. The average Bonchev–Trinajstić information content (AvgIpc) is 2.77. The van der Waals surface area contributed by atoms with Crippen molar-refractivity contribution >= 4 is 5.82 Å². The molecule has 0 spiro atoms. The molecule has 0 saturated carbocycles. The van der Waals surface area contributed by atoms with E-state index in [-0.39, 0.29) is 0 Å². The molecule has 1 aliphatic heterocycles. The summed E-state index contributed by atoms with van der Waals surface area (Å²) >= 11 is 0. The highest BCUT2D eigenvalue weighted by Gasteiger charge is 2.14. The van der Waals surface area contributed by atoms with Gasteiger partial charge in [-0.25, -0.2) is 15.0 Å². The van der Waals surface area contributed by atoms with E-state index in [1.54, 1.807) is 18.6 Å². The van der Waals surface area contributed by atoms with E-state index in [1.165, 1.54) is 19.3 Å². The lowest BCUT2D eigenvalue weighted by Crippen LogP contribution is -2.14. The Balaban J connectivity index is 1.74. The van der Waals surface area contributed by atoms with Gasteiger partial charge in [0.15, 0.2) is 0 Å². The number of nitrogens with one attached hydrogen (secondary N) is 1. The molecule has 2 aromatic heterocycles. The van der Waals surface area contributed by atoms with Gasteiger partial charge in [0, 0.05) is 17.5 Å². The monoisotopic (exact) mass is 283 g/mol. The van der Waals surface area contributed by atoms with Crippen LogP contribution in [0.2, 0.25) is 0 Å². The molecule has 0 amide bonds. The lowest BCUT2D eigenvalue weighted by molar-refractivity contribution is 0.465. The quantitative estimate of drug-likeness (QED) is 0.901. The molecule has 3 heterocycles. The molecule has 5 nitrogen and oxygen atoms in total. The summed E-state index contributed by atoms with van der Waals surface area (Å²) in [6.45, 7) is 2.26. The fourth-order valence-corrected chi connectivity index (χ4v) is 2.82. The Morgan fingerprint density at radius 3 is 2.95 bits per heavy atom. The second-order valence-corrected chi connectivity index (χ2v) is 5.62. The average molecular weight is 283 g/mol. The van der Waals surface area contributed by atoms with Gasteiger partial charge in [-0.15, -0.1) is 0 Å². The number of aromatic nitrogens is 3. The molecule has 1 saturated heterocycles. The van der Waals surface area contributed by atoms with Crippen molar-refractivity contribution in [2.75, 3.05) is 18.8 Å². The van der Waals surface area contributed by atoms with Gasteiger partial charge in [-0.1, -0.05) is 0 Å². The molecule has 21 heavy (non-hydrogen) atoms. The summed E-state index contributed by atoms with van der Waals surface area (Å²) < 4.78 is 0. The molecule has 5 heteroatoms. The van der Waals surface area contributed by atoms with Crippen LogP contribution in [0.5, 0.6) is 0 Å². The van der Waals surface area contributed by atoms with E-state index < -0.39 is 0 Å². The Morgan fingerprint density at radius 1 is 1.14 bits per heavy atom. The molecule has 2 aromatic rings. The van der Waals surface area contributed by atoms with Crippen LogP contribution >= 0.6 is 0 Å². The summed E-state index contributed by atoms with van der Waals surface area (Å²) in [5.41, 5.74) is 8.64. The molecular weight excluding hydrogens is 262 g/mol. The Hall–Kier alpha value is -2.01. The van der Waals surface area contributed by atoms with E-state index in [9.17, 15) is 0 Å². The van der Waals surface area contributed by atoms with Gasteiger partial charge in [0.25, 0.3) is 0 Å². The minimum Gasteiger partial charge on any atom is -0.384 e. The van der Waals surface area contributed by atoms with Crippen LogP contribution in [0.1, 0.15) is 25.0 Å². The normalized spacial score (nSPS) is 19.1. The Morgan fingerprint density at radius 2 is 2.10 bits per heavy atom. The van der Waals surface area contributed by atoms with Crippen LogP contribution in [0.4, 0.5) is 5.82 Å². The summed E-state index contributed by atoms with van der Waals surface area (Å²) in [6.07, 6.45) is 8.19. The standard InChI is InChI=1S/C16H21N5/c17-16-4-3-13(10-19-16)15-9-14(20-11-21-15)8-12-2-1-6-18-7-5-12/h3-4,9-12,18H,1-2,5-8H2,(H2,17,19)/t12-/m1/s1. The third kappa shape index (κ3) is 3.76. The summed E-state index contributed by atoms with van der Waals surface area (Å²) in [5.74, 6) is 1.24. The van der Waals surface area contributed by atoms with Gasteiger partial charge in [-0.05, 0) is 62.9 Å². The van der Waals surface area contributed by atoms with Crippen LogP contribution in [0, 0.1) is 5.92 Å². The topological polar surface area (TPSA) is 76.7 Å². The summed E-state index contributed by atoms with van der Waals surface area (Å²) in [6, 6.07) is 5.82. The summed E-state index contributed by atoms with van der Waals surface area (Å²) in [4.78, 5) is 12.9. The SMILES string of the molecule is Nc1ccc(-c2cc(C[C@@H]3CCCNCC3)ncn2)cn1. The van der Waals surface area contributed by atoms with Crippen molar-refractivity contribution in [1.82, 2.24) is 20.3 Å². The predicted octanol–water partition coefficient (Wildman–Crippen LogP) is 2.05. The van der Waals surface area contributed by atoms with Crippen LogP contribution in [-0.4, -0.2) is 28.0 Å². The minimum absolute atomic E-state index is 0.527. The fraction of sp³-hybridized carbons (Fsp3) is 0.438. The number of rotatable bonds is 3. The van der Waals surface area contributed by atoms with Gasteiger partial charge in [0.1, 0.15) is 12.1 Å². The van der Waals surface area contributed by atoms with Gasteiger partial charge in [-0.3, -0.25) is 0 Å². The predicted molar refractivity (Wildman–Crippen MR) is 83.6 cm³/mol. The van der Waals surface area contributed by atoms with Gasteiger partial charge in [0.2, 0.25) is 0 Å². The highest BCUT2D eigenvalue weighted by molar-refractivity contribution is 5.59. The number of nitrogens with two attached hydrogens (primary N) is 1. The van der Waals surface area contributed by atoms with Crippen molar-refractivity contribution in [1.29, 1.82) is 0 Å². The van der Waals surface area contributed by atoms with E-state index in [4.69, 9.17) is 5.73 Å². The highest BCUT2D eigenvalue weighted by Crippen LogP contribution is 2.21. The number of nitrogen functional groups attached to an aromatic ring is 1. The van der Waals surface area contributed by atoms with Crippen molar-refractivity contribution < 1.29 is 0 Å². The van der Waals surface area contributed by atoms with E-state index in [0.717, 1.165) is 36.5 Å². The van der Waals surface area contributed by atoms with Gasteiger partial charge in [0.05, 0.1) is 5.69 Å². The lowest BCUT2D eigenvalue weighted by atomic mass is 9.95.